The van der Waals surface area contributed by atoms with Gasteiger partial charge in [-0.05, 0) is 58.2 Å². The maximum absolute atomic E-state index is 12.4. The van der Waals surface area contributed by atoms with E-state index in [-0.39, 0.29) is 5.91 Å². The van der Waals surface area contributed by atoms with Crippen LogP contribution in [0.4, 0.5) is 5.69 Å². The Morgan fingerprint density at radius 2 is 1.89 bits per heavy atom. The monoisotopic (exact) mass is 246 g/mol. The van der Waals surface area contributed by atoms with E-state index in [0.717, 1.165) is 36.2 Å². The van der Waals surface area contributed by atoms with Crippen molar-refractivity contribution in [3.05, 3.63) is 28.8 Å². The summed E-state index contributed by atoms with van der Waals surface area (Å²) in [5.74, 6) is 0.0788. The molecule has 18 heavy (non-hydrogen) atoms. The molecule has 98 valence electrons. The molecule has 1 aromatic carbocycles. The molecule has 1 fully saturated rings. The van der Waals surface area contributed by atoms with Crippen molar-refractivity contribution < 1.29 is 4.79 Å². The fraction of sp³-hybridized carbons (Fsp3) is 0.533. The molecule has 2 N–H and O–H groups in total. The first-order valence-corrected chi connectivity index (χ1v) is 6.57. The average Bonchev–Trinajstić information content (AvgIpc) is 2.71. The number of rotatable bonds is 2. The van der Waals surface area contributed by atoms with Gasteiger partial charge in [0, 0.05) is 5.69 Å². The third kappa shape index (κ3) is 2.41. The standard InChI is InChI=1S/C15H22N2O/c1-10-8-11(2)13(12(3)9-10)17-14(18)15(4)6-5-7-16-15/h8-9,16H,5-7H2,1-4H3,(H,17,18). The van der Waals surface area contributed by atoms with Crippen molar-refractivity contribution in [2.75, 3.05) is 11.9 Å². The van der Waals surface area contributed by atoms with E-state index in [1.54, 1.807) is 0 Å². The first kappa shape index (κ1) is 13.1. The summed E-state index contributed by atoms with van der Waals surface area (Å²) < 4.78 is 0. The van der Waals surface area contributed by atoms with Crippen molar-refractivity contribution in [2.45, 2.75) is 46.1 Å². The second-order valence-electron chi connectivity index (χ2n) is 5.59. The van der Waals surface area contributed by atoms with E-state index >= 15 is 0 Å². The first-order chi connectivity index (χ1) is 8.42. The average molecular weight is 246 g/mol. The lowest BCUT2D eigenvalue weighted by molar-refractivity contribution is -0.121. The highest BCUT2D eigenvalue weighted by atomic mass is 16.2. The molecule has 0 aromatic heterocycles. The highest BCUT2D eigenvalue weighted by Crippen LogP contribution is 2.25. The van der Waals surface area contributed by atoms with E-state index in [2.05, 4.69) is 29.7 Å². The molecule has 0 saturated carbocycles. The predicted molar refractivity (Wildman–Crippen MR) is 74.9 cm³/mol. The number of nitrogens with one attached hydrogen (secondary N) is 2. The molecule has 0 spiro atoms. The van der Waals surface area contributed by atoms with Gasteiger partial charge in [-0.1, -0.05) is 17.7 Å². The Balaban J connectivity index is 2.22. The van der Waals surface area contributed by atoms with Gasteiger partial charge in [0.2, 0.25) is 5.91 Å². The number of hydrogen-bond donors (Lipinski definition) is 2. The molecule has 0 bridgehead atoms. The zero-order valence-corrected chi connectivity index (χ0v) is 11.7. The summed E-state index contributed by atoms with van der Waals surface area (Å²) >= 11 is 0. The number of benzene rings is 1. The topological polar surface area (TPSA) is 41.1 Å². The Labute approximate surface area is 109 Å². The smallest absolute Gasteiger partial charge is 0.244 e. The second kappa shape index (κ2) is 4.73. The van der Waals surface area contributed by atoms with Gasteiger partial charge >= 0.3 is 0 Å². The van der Waals surface area contributed by atoms with E-state index < -0.39 is 5.54 Å². The first-order valence-electron chi connectivity index (χ1n) is 6.57. The highest BCUT2D eigenvalue weighted by Gasteiger charge is 2.36. The van der Waals surface area contributed by atoms with Crippen molar-refractivity contribution in [3.8, 4) is 0 Å². The molecule has 3 nitrogen and oxygen atoms in total. The van der Waals surface area contributed by atoms with Gasteiger partial charge in [0.25, 0.3) is 0 Å². The third-order valence-corrected chi connectivity index (χ3v) is 3.79. The molecular formula is C15H22N2O. The summed E-state index contributed by atoms with van der Waals surface area (Å²) in [7, 11) is 0. The van der Waals surface area contributed by atoms with Crippen LogP contribution in [-0.4, -0.2) is 18.0 Å². The third-order valence-electron chi connectivity index (χ3n) is 3.79. The van der Waals surface area contributed by atoms with Crippen LogP contribution >= 0.6 is 0 Å². The fourth-order valence-electron chi connectivity index (χ4n) is 2.72. The Morgan fingerprint density at radius 3 is 2.39 bits per heavy atom. The van der Waals surface area contributed by atoms with Gasteiger partial charge < -0.3 is 10.6 Å². The van der Waals surface area contributed by atoms with Crippen LogP contribution in [0.5, 0.6) is 0 Å². The number of amides is 1. The number of carbonyl (C=O) groups excluding carboxylic acids is 1. The molecule has 1 heterocycles. The highest BCUT2D eigenvalue weighted by molar-refractivity contribution is 5.99. The molecule has 1 atom stereocenters. The van der Waals surface area contributed by atoms with Crippen LogP contribution in [0.1, 0.15) is 36.5 Å². The minimum absolute atomic E-state index is 0.0788. The SMILES string of the molecule is Cc1cc(C)c(NC(=O)C2(C)CCCN2)c(C)c1. The Hall–Kier alpha value is -1.35. The van der Waals surface area contributed by atoms with Crippen LogP contribution in [0.3, 0.4) is 0 Å². The molecule has 2 rings (SSSR count). The van der Waals surface area contributed by atoms with Crippen LogP contribution in [-0.2, 0) is 4.79 Å². The number of anilines is 1. The van der Waals surface area contributed by atoms with Gasteiger partial charge in [0.05, 0.1) is 5.54 Å². The molecule has 1 unspecified atom stereocenters. The lowest BCUT2D eigenvalue weighted by atomic mass is 9.98. The van der Waals surface area contributed by atoms with Crippen LogP contribution in [0, 0.1) is 20.8 Å². The zero-order valence-electron chi connectivity index (χ0n) is 11.7. The Bertz CT molecular complexity index is 450. The quantitative estimate of drug-likeness (QED) is 0.842. The van der Waals surface area contributed by atoms with Gasteiger partial charge in [0.15, 0.2) is 0 Å². The Morgan fingerprint density at radius 1 is 1.28 bits per heavy atom. The normalized spacial score (nSPS) is 23.1. The molecule has 1 aromatic rings. The van der Waals surface area contributed by atoms with Crippen molar-refractivity contribution in [1.82, 2.24) is 5.32 Å². The molecule has 1 aliphatic heterocycles. The maximum Gasteiger partial charge on any atom is 0.244 e. The zero-order chi connectivity index (χ0) is 13.3. The molecule has 3 heteroatoms. The lowest BCUT2D eigenvalue weighted by Crippen LogP contribution is -2.48. The minimum atomic E-state index is -0.413. The summed E-state index contributed by atoms with van der Waals surface area (Å²) in [5.41, 5.74) is 4.03. The number of carbonyl (C=O) groups is 1. The number of aryl methyl sites for hydroxylation is 3. The summed E-state index contributed by atoms with van der Waals surface area (Å²) in [6.07, 6.45) is 1.97. The fourth-order valence-corrected chi connectivity index (χ4v) is 2.72. The molecular weight excluding hydrogens is 224 g/mol. The molecule has 1 saturated heterocycles. The minimum Gasteiger partial charge on any atom is -0.324 e. The van der Waals surface area contributed by atoms with Crippen LogP contribution < -0.4 is 10.6 Å². The summed E-state index contributed by atoms with van der Waals surface area (Å²) in [5, 5.41) is 6.38. The van der Waals surface area contributed by atoms with Crippen molar-refractivity contribution in [3.63, 3.8) is 0 Å². The van der Waals surface area contributed by atoms with Gasteiger partial charge in [0.1, 0.15) is 0 Å². The van der Waals surface area contributed by atoms with Crippen LogP contribution in [0.25, 0.3) is 0 Å². The molecule has 0 aliphatic carbocycles. The van der Waals surface area contributed by atoms with E-state index in [9.17, 15) is 4.79 Å². The predicted octanol–water partition coefficient (Wildman–Crippen LogP) is 2.69. The molecule has 0 radical (unpaired) electrons. The summed E-state index contributed by atoms with van der Waals surface area (Å²) in [6.45, 7) is 9.06. The lowest BCUT2D eigenvalue weighted by Gasteiger charge is -2.24. The molecule has 1 aliphatic rings. The van der Waals surface area contributed by atoms with Crippen LogP contribution in [0.2, 0.25) is 0 Å². The van der Waals surface area contributed by atoms with Gasteiger partial charge in [-0.3, -0.25) is 4.79 Å². The van der Waals surface area contributed by atoms with Crippen molar-refractivity contribution in [2.24, 2.45) is 0 Å². The summed E-state index contributed by atoms with van der Waals surface area (Å²) in [4.78, 5) is 12.4. The second-order valence-corrected chi connectivity index (χ2v) is 5.59. The maximum atomic E-state index is 12.4. The summed E-state index contributed by atoms with van der Waals surface area (Å²) in [6, 6.07) is 4.21. The van der Waals surface area contributed by atoms with E-state index in [1.165, 1.54) is 5.56 Å². The van der Waals surface area contributed by atoms with E-state index in [4.69, 9.17) is 0 Å². The Kier molecular flexibility index (Phi) is 3.44. The van der Waals surface area contributed by atoms with Crippen molar-refractivity contribution >= 4 is 11.6 Å². The van der Waals surface area contributed by atoms with Crippen LogP contribution in [0.15, 0.2) is 12.1 Å². The molecule has 1 amide bonds. The van der Waals surface area contributed by atoms with Gasteiger partial charge in [-0.15, -0.1) is 0 Å². The van der Waals surface area contributed by atoms with E-state index in [1.807, 2.05) is 20.8 Å². The van der Waals surface area contributed by atoms with Gasteiger partial charge in [-0.2, -0.15) is 0 Å². The van der Waals surface area contributed by atoms with E-state index in [0.29, 0.717) is 0 Å². The number of hydrogen-bond acceptors (Lipinski definition) is 2. The van der Waals surface area contributed by atoms with Gasteiger partial charge in [-0.25, -0.2) is 0 Å². The largest absolute Gasteiger partial charge is 0.324 e. The van der Waals surface area contributed by atoms with Crippen molar-refractivity contribution in [1.29, 1.82) is 0 Å².